The van der Waals surface area contributed by atoms with Crippen molar-refractivity contribution in [2.45, 2.75) is 17.7 Å². The molecule has 2 aromatic heterocycles. The zero-order valence-corrected chi connectivity index (χ0v) is 17.4. The molecule has 0 amide bonds. The van der Waals surface area contributed by atoms with E-state index in [1.54, 1.807) is 36.7 Å². The summed E-state index contributed by atoms with van der Waals surface area (Å²) >= 11 is 0. The van der Waals surface area contributed by atoms with Crippen molar-refractivity contribution in [3.63, 3.8) is 0 Å². The maximum Gasteiger partial charge on any atom is 0.175 e. The van der Waals surface area contributed by atoms with Crippen LogP contribution in [0, 0.1) is 5.82 Å². The molecule has 0 atom stereocenters. The highest BCUT2D eigenvalue weighted by Gasteiger charge is 2.14. The van der Waals surface area contributed by atoms with Gasteiger partial charge in [0.25, 0.3) is 0 Å². The van der Waals surface area contributed by atoms with Crippen LogP contribution in [0.4, 0.5) is 4.39 Å². The minimum atomic E-state index is -3.25. The molecule has 0 fully saturated rings. The summed E-state index contributed by atoms with van der Waals surface area (Å²) in [6, 6.07) is 15.5. The van der Waals surface area contributed by atoms with Crippen molar-refractivity contribution in [2.75, 3.05) is 13.4 Å². The first-order valence-electron chi connectivity index (χ1n) is 9.32. The third-order valence-corrected chi connectivity index (χ3v) is 6.17. The number of methoxy groups -OCH3 is 1. The summed E-state index contributed by atoms with van der Waals surface area (Å²) in [6.45, 7) is 0. The van der Waals surface area contributed by atoms with E-state index in [2.05, 4.69) is 10.2 Å². The molecule has 0 aliphatic heterocycles. The molecule has 0 aliphatic rings. The van der Waals surface area contributed by atoms with Crippen molar-refractivity contribution in [2.24, 2.45) is 0 Å². The average Bonchev–Trinajstić information content (AvgIpc) is 3.22. The molecule has 0 spiro atoms. The summed E-state index contributed by atoms with van der Waals surface area (Å²) in [7, 11) is -1.79. The number of halogens is 1. The standard InChI is InChI=1S/C22H20FN3O3S/c1-29-21-16(4-3-5-20(21)23)6-9-17-10-13-19(22-25-24-14-26(17)22)15-7-11-18(12-8-15)30(2,27)28/h3-5,7-8,10-14H,6,9H2,1-2H3. The van der Waals surface area contributed by atoms with Crippen LogP contribution in [0.2, 0.25) is 0 Å². The summed E-state index contributed by atoms with van der Waals surface area (Å²) in [6.07, 6.45) is 4.06. The predicted octanol–water partition coefficient (Wildman–Crippen LogP) is 3.73. The van der Waals surface area contributed by atoms with Gasteiger partial charge in [-0.3, -0.25) is 4.40 Å². The van der Waals surface area contributed by atoms with Crippen LogP contribution in [-0.4, -0.2) is 36.4 Å². The summed E-state index contributed by atoms with van der Waals surface area (Å²) in [5.74, 6) is -0.114. The number of benzene rings is 2. The van der Waals surface area contributed by atoms with E-state index in [1.807, 2.05) is 22.6 Å². The number of rotatable bonds is 6. The number of hydrogen-bond acceptors (Lipinski definition) is 5. The fourth-order valence-corrected chi connectivity index (χ4v) is 4.15. The second-order valence-corrected chi connectivity index (χ2v) is 9.01. The first kappa shape index (κ1) is 20.0. The molecule has 8 heteroatoms. The zero-order chi connectivity index (χ0) is 21.3. The Morgan fingerprint density at radius 3 is 2.50 bits per heavy atom. The summed E-state index contributed by atoms with van der Waals surface area (Å²) < 4.78 is 44.4. The van der Waals surface area contributed by atoms with E-state index in [0.717, 1.165) is 22.4 Å². The van der Waals surface area contributed by atoms with Crippen LogP contribution < -0.4 is 4.74 Å². The van der Waals surface area contributed by atoms with Crippen molar-refractivity contribution in [1.82, 2.24) is 14.6 Å². The predicted molar refractivity (Wildman–Crippen MR) is 112 cm³/mol. The number of pyridine rings is 1. The average molecular weight is 425 g/mol. The molecule has 0 unspecified atom stereocenters. The van der Waals surface area contributed by atoms with Crippen molar-refractivity contribution in [3.8, 4) is 16.9 Å². The van der Waals surface area contributed by atoms with E-state index in [1.165, 1.54) is 19.4 Å². The normalized spacial score (nSPS) is 11.7. The summed E-state index contributed by atoms with van der Waals surface area (Å²) in [4.78, 5) is 0.268. The van der Waals surface area contributed by atoms with Gasteiger partial charge in [-0.1, -0.05) is 24.3 Å². The van der Waals surface area contributed by atoms with Crippen LogP contribution in [0.3, 0.4) is 0 Å². The molecule has 0 radical (unpaired) electrons. The van der Waals surface area contributed by atoms with Gasteiger partial charge < -0.3 is 4.74 Å². The Morgan fingerprint density at radius 1 is 1.03 bits per heavy atom. The van der Waals surface area contributed by atoms with E-state index in [0.29, 0.717) is 18.5 Å². The van der Waals surface area contributed by atoms with E-state index in [-0.39, 0.29) is 16.5 Å². The number of nitrogens with zero attached hydrogens (tertiary/aromatic N) is 3. The Bertz CT molecular complexity index is 1320. The molecule has 0 saturated heterocycles. The molecule has 4 rings (SSSR count). The van der Waals surface area contributed by atoms with Gasteiger partial charge in [-0.05, 0) is 54.3 Å². The maximum atomic E-state index is 13.9. The Hall–Kier alpha value is -3.26. The first-order chi connectivity index (χ1) is 14.4. The largest absolute Gasteiger partial charge is 0.493 e. The van der Waals surface area contributed by atoms with Crippen molar-refractivity contribution >= 4 is 15.5 Å². The molecule has 0 aliphatic carbocycles. The van der Waals surface area contributed by atoms with E-state index in [9.17, 15) is 12.8 Å². The van der Waals surface area contributed by atoms with Crippen LogP contribution in [0.15, 0.2) is 65.8 Å². The molecule has 0 saturated carbocycles. The summed E-state index contributed by atoms with van der Waals surface area (Å²) in [5.41, 5.74) is 4.13. The highest BCUT2D eigenvalue weighted by Crippen LogP contribution is 2.27. The van der Waals surface area contributed by atoms with Crippen LogP contribution >= 0.6 is 0 Å². The number of hydrogen-bond donors (Lipinski definition) is 0. The number of fused-ring (bicyclic) bond motifs is 1. The van der Waals surface area contributed by atoms with E-state index >= 15 is 0 Å². The first-order valence-corrected chi connectivity index (χ1v) is 11.2. The fourth-order valence-electron chi connectivity index (χ4n) is 3.52. The molecule has 6 nitrogen and oxygen atoms in total. The van der Waals surface area contributed by atoms with Gasteiger partial charge in [0.1, 0.15) is 6.33 Å². The number of ether oxygens (including phenoxy) is 1. The number of aryl methyl sites for hydroxylation is 2. The molecule has 0 bridgehead atoms. The van der Waals surface area contributed by atoms with Crippen molar-refractivity contribution in [1.29, 1.82) is 0 Å². The lowest BCUT2D eigenvalue weighted by molar-refractivity contribution is 0.381. The SMILES string of the molecule is COc1c(F)cccc1CCc1ccc(-c2ccc(S(C)(=O)=O)cc2)c2nncn12. The van der Waals surface area contributed by atoms with Crippen LogP contribution in [0.25, 0.3) is 16.8 Å². The number of para-hydroxylation sites is 1. The lowest BCUT2D eigenvalue weighted by Crippen LogP contribution is -2.02. The second kappa shape index (κ2) is 7.87. The summed E-state index contributed by atoms with van der Waals surface area (Å²) in [5, 5.41) is 8.28. The van der Waals surface area contributed by atoms with Crippen molar-refractivity contribution in [3.05, 3.63) is 78.0 Å². The Labute approximate surface area is 173 Å². The molecule has 2 heterocycles. The number of sulfone groups is 1. The molecule has 4 aromatic rings. The van der Waals surface area contributed by atoms with Crippen LogP contribution in [-0.2, 0) is 22.7 Å². The van der Waals surface area contributed by atoms with E-state index in [4.69, 9.17) is 4.74 Å². The second-order valence-electron chi connectivity index (χ2n) is 6.99. The minimum absolute atomic E-state index is 0.264. The highest BCUT2D eigenvalue weighted by atomic mass is 32.2. The smallest absolute Gasteiger partial charge is 0.175 e. The molecular formula is C22H20FN3O3S. The maximum absolute atomic E-state index is 13.9. The van der Waals surface area contributed by atoms with Gasteiger partial charge in [0, 0.05) is 17.5 Å². The topological polar surface area (TPSA) is 73.6 Å². The monoisotopic (exact) mass is 425 g/mol. The third-order valence-electron chi connectivity index (χ3n) is 5.04. The quantitative estimate of drug-likeness (QED) is 0.471. The lowest BCUT2D eigenvalue weighted by Gasteiger charge is -2.11. The van der Waals surface area contributed by atoms with Gasteiger partial charge in [-0.2, -0.15) is 0 Å². The van der Waals surface area contributed by atoms with Gasteiger partial charge in [-0.15, -0.1) is 10.2 Å². The van der Waals surface area contributed by atoms with Gasteiger partial charge in [0.15, 0.2) is 27.1 Å². The van der Waals surface area contributed by atoms with Crippen molar-refractivity contribution < 1.29 is 17.5 Å². The van der Waals surface area contributed by atoms with Crippen LogP contribution in [0.1, 0.15) is 11.3 Å². The minimum Gasteiger partial charge on any atom is -0.493 e. The Kier molecular flexibility index (Phi) is 5.26. The van der Waals surface area contributed by atoms with E-state index < -0.39 is 9.84 Å². The Morgan fingerprint density at radius 2 is 1.80 bits per heavy atom. The van der Waals surface area contributed by atoms with Crippen LogP contribution in [0.5, 0.6) is 5.75 Å². The molecule has 2 aromatic carbocycles. The molecule has 30 heavy (non-hydrogen) atoms. The molecule has 0 N–H and O–H groups in total. The molecular weight excluding hydrogens is 405 g/mol. The number of aromatic nitrogens is 3. The van der Waals surface area contributed by atoms with Gasteiger partial charge in [0.2, 0.25) is 0 Å². The van der Waals surface area contributed by atoms with Gasteiger partial charge in [-0.25, -0.2) is 12.8 Å². The Balaban J connectivity index is 1.66. The third kappa shape index (κ3) is 3.78. The van der Waals surface area contributed by atoms with Gasteiger partial charge in [0.05, 0.1) is 12.0 Å². The fraction of sp³-hybridized carbons (Fsp3) is 0.182. The zero-order valence-electron chi connectivity index (χ0n) is 16.5. The highest BCUT2D eigenvalue weighted by molar-refractivity contribution is 7.90. The lowest BCUT2D eigenvalue weighted by atomic mass is 10.0. The van der Waals surface area contributed by atoms with Gasteiger partial charge >= 0.3 is 0 Å². The molecule has 154 valence electrons.